The van der Waals surface area contributed by atoms with Crippen LogP contribution in [-0.4, -0.2) is 11.7 Å². The van der Waals surface area contributed by atoms with E-state index in [0.29, 0.717) is 0 Å². The van der Waals surface area contributed by atoms with Crippen molar-refractivity contribution in [2.75, 3.05) is 10.2 Å². The predicted octanol–water partition coefficient (Wildman–Crippen LogP) is 4.42. The van der Waals surface area contributed by atoms with E-state index in [2.05, 4.69) is 49.2 Å². The predicted molar refractivity (Wildman–Crippen MR) is 86.2 cm³/mol. The van der Waals surface area contributed by atoms with Crippen molar-refractivity contribution in [3.63, 3.8) is 0 Å². The van der Waals surface area contributed by atoms with Gasteiger partial charge in [0.15, 0.2) is 0 Å². The molecule has 110 valence electrons. The van der Waals surface area contributed by atoms with Crippen molar-refractivity contribution in [1.82, 2.24) is 0 Å². The van der Waals surface area contributed by atoms with Crippen molar-refractivity contribution >= 4 is 11.4 Å². The molecule has 1 aliphatic heterocycles. The van der Waals surface area contributed by atoms with Gasteiger partial charge in [-0.15, -0.1) is 0 Å². The minimum absolute atomic E-state index is 0.00239. The lowest BCUT2D eigenvalue weighted by Gasteiger charge is -2.39. The summed E-state index contributed by atoms with van der Waals surface area (Å²) in [6, 6.07) is 15.2. The molecule has 0 fully saturated rings. The average molecular weight is 284 g/mol. The molecule has 1 unspecified atom stereocenters. The van der Waals surface area contributed by atoms with Gasteiger partial charge in [-0.2, -0.15) is 0 Å². The largest absolute Gasteiger partial charge is 0.363 e. The van der Waals surface area contributed by atoms with Gasteiger partial charge < -0.3 is 10.2 Å². The molecule has 0 radical (unpaired) electrons. The molecule has 0 aliphatic carbocycles. The van der Waals surface area contributed by atoms with E-state index in [1.54, 1.807) is 12.1 Å². The maximum Gasteiger partial charge on any atom is 0.123 e. The Morgan fingerprint density at radius 1 is 1.10 bits per heavy atom. The Bertz CT molecular complexity index is 646. The number of benzene rings is 2. The second-order valence-electron chi connectivity index (χ2n) is 6.55. The third kappa shape index (κ3) is 2.73. The first-order valence-corrected chi connectivity index (χ1v) is 7.34. The third-order valence-corrected chi connectivity index (χ3v) is 3.84. The van der Waals surface area contributed by atoms with Crippen LogP contribution in [0.25, 0.3) is 0 Å². The number of nitrogens with zero attached hydrogens (tertiary/aromatic N) is 1. The molecule has 2 aromatic carbocycles. The Labute approximate surface area is 125 Å². The Hall–Kier alpha value is -2.03. The molecule has 0 bridgehead atoms. The molecule has 0 spiro atoms. The SMILES string of the molecule is CC(C)(C)N1c2ccccc2NC1Cc1cccc(F)c1. The zero-order chi connectivity index (χ0) is 15.0. The lowest BCUT2D eigenvalue weighted by molar-refractivity contribution is 0.466. The maximum absolute atomic E-state index is 13.4. The number of rotatable bonds is 2. The topological polar surface area (TPSA) is 15.3 Å². The van der Waals surface area contributed by atoms with Crippen LogP contribution in [0.5, 0.6) is 0 Å². The van der Waals surface area contributed by atoms with E-state index >= 15 is 0 Å². The monoisotopic (exact) mass is 284 g/mol. The molecular weight excluding hydrogens is 263 g/mol. The van der Waals surface area contributed by atoms with Gasteiger partial charge in [0.1, 0.15) is 12.0 Å². The van der Waals surface area contributed by atoms with Gasteiger partial charge in [0.25, 0.3) is 0 Å². The maximum atomic E-state index is 13.4. The average Bonchev–Trinajstić information content (AvgIpc) is 2.76. The highest BCUT2D eigenvalue weighted by Crippen LogP contribution is 2.39. The molecule has 1 N–H and O–H groups in total. The van der Waals surface area contributed by atoms with Gasteiger partial charge in [0, 0.05) is 12.0 Å². The zero-order valence-electron chi connectivity index (χ0n) is 12.7. The summed E-state index contributed by atoms with van der Waals surface area (Å²) in [6.45, 7) is 6.61. The quantitative estimate of drug-likeness (QED) is 0.878. The van der Waals surface area contributed by atoms with Gasteiger partial charge in [-0.05, 0) is 50.6 Å². The van der Waals surface area contributed by atoms with Gasteiger partial charge in [-0.25, -0.2) is 4.39 Å². The van der Waals surface area contributed by atoms with Crippen molar-refractivity contribution in [3.8, 4) is 0 Å². The number of para-hydroxylation sites is 2. The highest BCUT2D eigenvalue weighted by atomic mass is 19.1. The Morgan fingerprint density at radius 3 is 2.57 bits per heavy atom. The van der Waals surface area contributed by atoms with E-state index in [1.165, 1.54) is 11.8 Å². The summed E-state index contributed by atoms with van der Waals surface area (Å²) in [7, 11) is 0. The lowest BCUT2D eigenvalue weighted by atomic mass is 10.0. The van der Waals surface area contributed by atoms with Gasteiger partial charge in [0.2, 0.25) is 0 Å². The molecule has 0 saturated carbocycles. The van der Waals surface area contributed by atoms with Crippen molar-refractivity contribution in [3.05, 3.63) is 59.9 Å². The number of hydrogen-bond donors (Lipinski definition) is 1. The molecule has 2 nitrogen and oxygen atoms in total. The van der Waals surface area contributed by atoms with E-state index in [9.17, 15) is 4.39 Å². The van der Waals surface area contributed by atoms with Crippen molar-refractivity contribution in [1.29, 1.82) is 0 Å². The molecule has 1 atom stereocenters. The summed E-state index contributed by atoms with van der Waals surface area (Å²) in [5, 5.41) is 3.56. The molecule has 3 heteroatoms. The first-order chi connectivity index (χ1) is 9.95. The van der Waals surface area contributed by atoms with E-state index in [0.717, 1.165) is 17.7 Å². The number of fused-ring (bicyclic) bond motifs is 1. The van der Waals surface area contributed by atoms with Crippen molar-refractivity contribution in [2.45, 2.75) is 38.9 Å². The fourth-order valence-electron chi connectivity index (χ4n) is 3.08. The number of hydrogen-bond acceptors (Lipinski definition) is 2. The minimum atomic E-state index is -0.176. The Balaban J connectivity index is 1.92. The van der Waals surface area contributed by atoms with Crippen LogP contribution < -0.4 is 10.2 Å². The summed E-state index contributed by atoms with van der Waals surface area (Å²) in [5.41, 5.74) is 3.37. The van der Waals surface area contributed by atoms with Crippen LogP contribution in [0.1, 0.15) is 26.3 Å². The Kier molecular flexibility index (Phi) is 3.36. The van der Waals surface area contributed by atoms with Gasteiger partial charge >= 0.3 is 0 Å². The van der Waals surface area contributed by atoms with Crippen LogP contribution in [0.4, 0.5) is 15.8 Å². The second-order valence-corrected chi connectivity index (χ2v) is 6.55. The normalized spacial score (nSPS) is 17.5. The molecular formula is C18H21FN2. The second kappa shape index (κ2) is 5.06. The van der Waals surface area contributed by atoms with Gasteiger partial charge in [-0.3, -0.25) is 0 Å². The minimum Gasteiger partial charge on any atom is -0.363 e. The first-order valence-electron chi connectivity index (χ1n) is 7.34. The van der Waals surface area contributed by atoms with Crippen LogP contribution in [0, 0.1) is 5.82 Å². The fraction of sp³-hybridized carbons (Fsp3) is 0.333. The molecule has 0 aromatic heterocycles. The highest BCUT2D eigenvalue weighted by Gasteiger charge is 2.35. The lowest BCUT2D eigenvalue weighted by Crippen LogP contribution is -2.49. The van der Waals surface area contributed by atoms with E-state index in [4.69, 9.17) is 0 Å². The van der Waals surface area contributed by atoms with E-state index in [-0.39, 0.29) is 17.5 Å². The summed E-state index contributed by atoms with van der Waals surface area (Å²) in [4.78, 5) is 2.38. The standard InChI is InChI=1S/C18H21FN2/c1-18(2,3)21-16-10-5-4-9-15(16)20-17(21)12-13-7-6-8-14(19)11-13/h4-11,17,20H,12H2,1-3H3. The summed E-state index contributed by atoms with van der Waals surface area (Å²) in [5.74, 6) is -0.176. The molecule has 1 aliphatic rings. The van der Waals surface area contributed by atoms with E-state index in [1.807, 2.05) is 12.1 Å². The van der Waals surface area contributed by atoms with Crippen LogP contribution >= 0.6 is 0 Å². The fourth-order valence-corrected chi connectivity index (χ4v) is 3.08. The van der Waals surface area contributed by atoms with Crippen LogP contribution in [0.2, 0.25) is 0 Å². The highest BCUT2D eigenvalue weighted by molar-refractivity contribution is 5.77. The summed E-state index contributed by atoms with van der Waals surface area (Å²) < 4.78 is 13.4. The molecule has 2 aromatic rings. The van der Waals surface area contributed by atoms with Gasteiger partial charge in [0.05, 0.1) is 11.4 Å². The molecule has 0 amide bonds. The summed E-state index contributed by atoms with van der Waals surface area (Å²) >= 11 is 0. The smallest absolute Gasteiger partial charge is 0.123 e. The number of halogens is 1. The molecule has 3 rings (SSSR count). The Morgan fingerprint density at radius 2 is 1.86 bits per heavy atom. The zero-order valence-corrected chi connectivity index (χ0v) is 12.7. The van der Waals surface area contributed by atoms with Crippen molar-refractivity contribution in [2.24, 2.45) is 0 Å². The van der Waals surface area contributed by atoms with Crippen LogP contribution in [0.3, 0.4) is 0 Å². The number of nitrogens with one attached hydrogen (secondary N) is 1. The van der Waals surface area contributed by atoms with E-state index < -0.39 is 0 Å². The summed E-state index contributed by atoms with van der Waals surface area (Å²) in [6.07, 6.45) is 0.910. The molecule has 1 heterocycles. The molecule has 21 heavy (non-hydrogen) atoms. The third-order valence-electron chi connectivity index (χ3n) is 3.84. The van der Waals surface area contributed by atoms with Crippen LogP contribution in [0.15, 0.2) is 48.5 Å². The van der Waals surface area contributed by atoms with Gasteiger partial charge in [-0.1, -0.05) is 24.3 Å². The number of anilines is 2. The van der Waals surface area contributed by atoms with Crippen LogP contribution in [-0.2, 0) is 6.42 Å². The first kappa shape index (κ1) is 13.9. The van der Waals surface area contributed by atoms with Crippen molar-refractivity contribution < 1.29 is 4.39 Å². The molecule has 0 saturated heterocycles.